The highest BCUT2D eigenvalue weighted by Gasteiger charge is 2.03. The summed E-state index contributed by atoms with van der Waals surface area (Å²) in [6.45, 7) is 0.470. The molecule has 0 aliphatic carbocycles. The van der Waals surface area contributed by atoms with E-state index in [4.69, 9.17) is 10.8 Å². The van der Waals surface area contributed by atoms with Crippen molar-refractivity contribution in [3.05, 3.63) is 35.4 Å². The molecule has 1 rings (SSSR count). The average Bonchev–Trinajstić information content (AvgIpc) is 2.17. The lowest BCUT2D eigenvalue weighted by Crippen LogP contribution is -2.00. The number of hydrogen-bond acceptors (Lipinski definition) is 3. The second kappa shape index (κ2) is 3.99. The molecule has 0 aliphatic heterocycles. The minimum atomic E-state index is -1.02. The first-order chi connectivity index (χ1) is 5.77. The Morgan fingerprint density at radius 3 is 2.42 bits per heavy atom. The number of nitrogens with two attached hydrogens (primary N) is 1. The van der Waals surface area contributed by atoms with Gasteiger partial charge >= 0.3 is 0 Å². The van der Waals surface area contributed by atoms with Crippen molar-refractivity contribution in [2.24, 2.45) is 5.73 Å². The molecule has 3 N–H and O–H groups in total. The molecule has 0 heterocycles. The number of aliphatic hydroxyl groups excluding tert-OH is 1. The van der Waals surface area contributed by atoms with Gasteiger partial charge in [-0.05, 0) is 11.1 Å². The number of rotatable bonds is 3. The van der Waals surface area contributed by atoms with Crippen molar-refractivity contribution in [1.29, 1.82) is 0 Å². The zero-order valence-corrected chi connectivity index (χ0v) is 6.60. The fourth-order valence-electron chi connectivity index (χ4n) is 0.929. The van der Waals surface area contributed by atoms with Gasteiger partial charge in [0, 0.05) is 6.54 Å². The highest BCUT2D eigenvalue weighted by Crippen LogP contribution is 2.10. The first-order valence-electron chi connectivity index (χ1n) is 3.70. The molecule has 0 fully saturated rings. The number of aldehydes is 1. The molecule has 3 nitrogen and oxygen atoms in total. The largest absolute Gasteiger partial charge is 0.381 e. The van der Waals surface area contributed by atoms with Gasteiger partial charge in [0.1, 0.15) is 6.10 Å². The van der Waals surface area contributed by atoms with E-state index in [-0.39, 0.29) is 0 Å². The Morgan fingerprint density at radius 2 is 2.00 bits per heavy atom. The normalized spacial score (nSPS) is 12.5. The van der Waals surface area contributed by atoms with Crippen LogP contribution < -0.4 is 5.73 Å². The maximum Gasteiger partial charge on any atom is 0.153 e. The molecule has 0 amide bonds. The van der Waals surface area contributed by atoms with Crippen molar-refractivity contribution in [2.45, 2.75) is 12.6 Å². The monoisotopic (exact) mass is 165 g/mol. The highest BCUT2D eigenvalue weighted by molar-refractivity contribution is 5.59. The van der Waals surface area contributed by atoms with E-state index in [0.29, 0.717) is 18.4 Å². The summed E-state index contributed by atoms with van der Waals surface area (Å²) < 4.78 is 0. The Kier molecular flexibility index (Phi) is 2.96. The van der Waals surface area contributed by atoms with E-state index >= 15 is 0 Å². The number of aliphatic hydroxyl groups is 1. The second-order valence-corrected chi connectivity index (χ2v) is 2.53. The van der Waals surface area contributed by atoms with Crippen LogP contribution in [-0.4, -0.2) is 11.4 Å². The molecule has 1 unspecified atom stereocenters. The number of hydrogen-bond donors (Lipinski definition) is 2. The molecule has 0 saturated carbocycles. The Bertz CT molecular complexity index is 256. The van der Waals surface area contributed by atoms with Crippen LogP contribution in [-0.2, 0) is 11.3 Å². The molecule has 1 atom stereocenters. The topological polar surface area (TPSA) is 63.3 Å². The van der Waals surface area contributed by atoms with Crippen LogP contribution in [0.4, 0.5) is 0 Å². The Morgan fingerprint density at radius 1 is 1.42 bits per heavy atom. The van der Waals surface area contributed by atoms with E-state index in [9.17, 15) is 4.79 Å². The third kappa shape index (κ3) is 1.90. The minimum absolute atomic E-state index is 0.470. The minimum Gasteiger partial charge on any atom is -0.381 e. The molecule has 0 saturated heterocycles. The predicted molar refractivity (Wildman–Crippen MR) is 45.4 cm³/mol. The summed E-state index contributed by atoms with van der Waals surface area (Å²) >= 11 is 0. The van der Waals surface area contributed by atoms with Gasteiger partial charge in [0.05, 0.1) is 0 Å². The molecule has 0 radical (unpaired) electrons. The summed E-state index contributed by atoms with van der Waals surface area (Å²) in [5.74, 6) is 0. The molecule has 1 aromatic rings. The predicted octanol–water partition coefficient (Wildman–Crippen LogP) is 0.378. The lowest BCUT2D eigenvalue weighted by Gasteiger charge is -2.03. The molecule has 0 spiro atoms. The molecule has 0 aromatic heterocycles. The summed E-state index contributed by atoms with van der Waals surface area (Å²) in [5, 5.41) is 9.09. The SMILES string of the molecule is NCc1ccc(C(O)C=O)cc1. The van der Waals surface area contributed by atoms with Gasteiger partial charge in [0.15, 0.2) is 6.29 Å². The highest BCUT2D eigenvalue weighted by atomic mass is 16.3. The molecule has 12 heavy (non-hydrogen) atoms. The zero-order valence-electron chi connectivity index (χ0n) is 6.60. The summed E-state index contributed by atoms with van der Waals surface area (Å²) in [7, 11) is 0. The number of carbonyl (C=O) groups excluding carboxylic acids is 1. The van der Waals surface area contributed by atoms with E-state index in [1.807, 2.05) is 0 Å². The van der Waals surface area contributed by atoms with Gasteiger partial charge in [0.25, 0.3) is 0 Å². The van der Waals surface area contributed by atoms with E-state index in [2.05, 4.69) is 0 Å². The van der Waals surface area contributed by atoms with Crippen molar-refractivity contribution in [3.63, 3.8) is 0 Å². The Balaban J connectivity index is 2.84. The standard InChI is InChI=1S/C9H11NO2/c10-5-7-1-3-8(4-2-7)9(12)6-11/h1-4,6,9,12H,5,10H2. The quantitative estimate of drug-likeness (QED) is 0.636. The van der Waals surface area contributed by atoms with Crippen molar-refractivity contribution >= 4 is 6.29 Å². The van der Waals surface area contributed by atoms with Crippen LogP contribution in [0.1, 0.15) is 17.2 Å². The summed E-state index contributed by atoms with van der Waals surface area (Å²) in [5.41, 5.74) is 6.96. The lowest BCUT2D eigenvalue weighted by molar-refractivity contribution is -0.115. The average molecular weight is 165 g/mol. The van der Waals surface area contributed by atoms with Gasteiger partial charge < -0.3 is 15.6 Å². The molecule has 1 aromatic carbocycles. The number of benzene rings is 1. The number of carbonyl (C=O) groups is 1. The molecule has 64 valence electrons. The Labute approximate surface area is 70.8 Å². The lowest BCUT2D eigenvalue weighted by atomic mass is 10.1. The third-order valence-corrected chi connectivity index (χ3v) is 1.69. The fourth-order valence-corrected chi connectivity index (χ4v) is 0.929. The van der Waals surface area contributed by atoms with Crippen LogP contribution in [0.5, 0.6) is 0 Å². The van der Waals surface area contributed by atoms with Crippen LogP contribution in [0.25, 0.3) is 0 Å². The molecule has 3 heteroatoms. The van der Waals surface area contributed by atoms with Gasteiger partial charge in [-0.1, -0.05) is 24.3 Å². The summed E-state index contributed by atoms with van der Waals surface area (Å²) in [6, 6.07) is 6.98. The smallest absolute Gasteiger partial charge is 0.153 e. The van der Waals surface area contributed by atoms with Crippen LogP contribution in [0, 0.1) is 0 Å². The van der Waals surface area contributed by atoms with Gasteiger partial charge in [0.2, 0.25) is 0 Å². The van der Waals surface area contributed by atoms with Crippen molar-refractivity contribution in [1.82, 2.24) is 0 Å². The first-order valence-corrected chi connectivity index (χ1v) is 3.70. The maximum absolute atomic E-state index is 10.2. The fraction of sp³-hybridized carbons (Fsp3) is 0.222. The third-order valence-electron chi connectivity index (χ3n) is 1.69. The van der Waals surface area contributed by atoms with Crippen LogP contribution in [0.2, 0.25) is 0 Å². The molecule has 0 aliphatic rings. The summed E-state index contributed by atoms with van der Waals surface area (Å²) in [4.78, 5) is 10.2. The molecular weight excluding hydrogens is 154 g/mol. The van der Waals surface area contributed by atoms with Gasteiger partial charge in [-0.15, -0.1) is 0 Å². The van der Waals surface area contributed by atoms with Crippen LogP contribution in [0.3, 0.4) is 0 Å². The van der Waals surface area contributed by atoms with Crippen molar-refractivity contribution in [3.8, 4) is 0 Å². The molecular formula is C9H11NO2. The summed E-state index contributed by atoms with van der Waals surface area (Å²) in [6.07, 6.45) is -0.519. The van der Waals surface area contributed by atoms with Crippen LogP contribution in [0.15, 0.2) is 24.3 Å². The van der Waals surface area contributed by atoms with E-state index in [1.54, 1.807) is 24.3 Å². The van der Waals surface area contributed by atoms with Gasteiger partial charge in [-0.2, -0.15) is 0 Å². The van der Waals surface area contributed by atoms with E-state index < -0.39 is 6.10 Å². The molecule has 0 bridgehead atoms. The van der Waals surface area contributed by atoms with Gasteiger partial charge in [-0.3, -0.25) is 0 Å². The van der Waals surface area contributed by atoms with E-state index in [0.717, 1.165) is 5.56 Å². The van der Waals surface area contributed by atoms with Crippen LogP contribution >= 0.6 is 0 Å². The van der Waals surface area contributed by atoms with E-state index in [1.165, 1.54) is 0 Å². The second-order valence-electron chi connectivity index (χ2n) is 2.53. The maximum atomic E-state index is 10.2. The van der Waals surface area contributed by atoms with Gasteiger partial charge in [-0.25, -0.2) is 0 Å². The first kappa shape index (κ1) is 8.90. The Hall–Kier alpha value is -1.19. The van der Waals surface area contributed by atoms with Crippen molar-refractivity contribution < 1.29 is 9.90 Å². The zero-order chi connectivity index (χ0) is 8.97. The van der Waals surface area contributed by atoms with Crippen molar-refractivity contribution in [2.75, 3.05) is 0 Å².